The Morgan fingerprint density at radius 1 is 1.44 bits per heavy atom. The molecule has 0 aromatic rings. The van der Waals surface area contributed by atoms with Gasteiger partial charge in [0.2, 0.25) is 5.91 Å². The topological polar surface area (TPSA) is 41.6 Å². The van der Waals surface area contributed by atoms with Gasteiger partial charge in [-0.15, -0.1) is 0 Å². The van der Waals surface area contributed by atoms with Crippen molar-refractivity contribution < 1.29 is 9.53 Å². The van der Waals surface area contributed by atoms with Gasteiger partial charge >= 0.3 is 0 Å². The molecule has 2 aliphatic heterocycles. The summed E-state index contributed by atoms with van der Waals surface area (Å²) in [5, 5.41) is 3.38. The maximum absolute atomic E-state index is 11.8. The third-order valence-corrected chi connectivity index (χ3v) is 4.24. The van der Waals surface area contributed by atoms with E-state index in [1.807, 2.05) is 0 Å². The van der Waals surface area contributed by atoms with Crippen molar-refractivity contribution >= 4 is 5.91 Å². The summed E-state index contributed by atoms with van der Waals surface area (Å²) >= 11 is 0. The molecule has 1 aliphatic carbocycles. The number of hydrogen-bond donors (Lipinski definition) is 1. The lowest BCUT2D eigenvalue weighted by Crippen LogP contribution is -2.57. The summed E-state index contributed by atoms with van der Waals surface area (Å²) < 4.78 is 5.84. The van der Waals surface area contributed by atoms with E-state index in [1.165, 1.54) is 19.3 Å². The molecule has 1 saturated carbocycles. The van der Waals surface area contributed by atoms with Gasteiger partial charge in [0, 0.05) is 18.5 Å². The molecule has 2 heterocycles. The van der Waals surface area contributed by atoms with E-state index >= 15 is 0 Å². The molecule has 16 heavy (non-hydrogen) atoms. The molecule has 0 radical (unpaired) electrons. The fourth-order valence-electron chi connectivity index (χ4n) is 2.92. The highest BCUT2D eigenvalue weighted by atomic mass is 16.5. The molecule has 90 valence electrons. The minimum atomic E-state index is -0.125. The van der Waals surface area contributed by atoms with Crippen molar-refractivity contribution in [3.63, 3.8) is 0 Å². The highest BCUT2D eigenvalue weighted by Crippen LogP contribution is 2.36. The van der Waals surface area contributed by atoms with Gasteiger partial charge in [0.25, 0.3) is 0 Å². The predicted octanol–water partition coefficient (Wildman–Crippen LogP) is 0.376. The first-order valence-electron chi connectivity index (χ1n) is 6.33. The lowest BCUT2D eigenvalue weighted by atomic mass is 9.86. The van der Waals surface area contributed by atoms with Gasteiger partial charge in [0.05, 0.1) is 12.1 Å². The number of carbonyl (C=O) groups excluding carboxylic acids is 1. The van der Waals surface area contributed by atoms with Crippen LogP contribution < -0.4 is 5.32 Å². The number of carbonyl (C=O) groups is 1. The van der Waals surface area contributed by atoms with E-state index in [9.17, 15) is 4.79 Å². The molecule has 3 fully saturated rings. The Bertz CT molecular complexity index is 297. The SMILES string of the molecule is CC1(C2CCNC2)CN(C2CC2)C(=O)CO1. The van der Waals surface area contributed by atoms with Crippen molar-refractivity contribution in [3.05, 3.63) is 0 Å². The van der Waals surface area contributed by atoms with Crippen LogP contribution in [0.3, 0.4) is 0 Å². The van der Waals surface area contributed by atoms with Crippen LogP contribution in [0.25, 0.3) is 0 Å². The molecule has 1 N–H and O–H groups in total. The van der Waals surface area contributed by atoms with Crippen LogP contribution in [0.4, 0.5) is 0 Å². The second-order valence-corrected chi connectivity index (χ2v) is 5.54. The van der Waals surface area contributed by atoms with Crippen LogP contribution in [-0.2, 0) is 9.53 Å². The number of nitrogens with one attached hydrogen (secondary N) is 1. The molecule has 4 heteroatoms. The molecule has 2 atom stereocenters. The first-order chi connectivity index (χ1) is 7.69. The van der Waals surface area contributed by atoms with Crippen molar-refractivity contribution in [1.29, 1.82) is 0 Å². The van der Waals surface area contributed by atoms with Crippen molar-refractivity contribution in [2.45, 2.75) is 37.8 Å². The summed E-state index contributed by atoms with van der Waals surface area (Å²) in [4.78, 5) is 13.8. The van der Waals surface area contributed by atoms with Crippen LogP contribution in [0, 0.1) is 5.92 Å². The largest absolute Gasteiger partial charge is 0.363 e. The van der Waals surface area contributed by atoms with Gasteiger partial charge in [-0.05, 0) is 32.7 Å². The van der Waals surface area contributed by atoms with E-state index < -0.39 is 0 Å². The van der Waals surface area contributed by atoms with Crippen LogP contribution in [0.1, 0.15) is 26.2 Å². The molecule has 3 aliphatic rings. The lowest BCUT2D eigenvalue weighted by Gasteiger charge is -2.43. The second kappa shape index (κ2) is 3.70. The molecule has 2 unspecified atom stereocenters. The van der Waals surface area contributed by atoms with Crippen molar-refractivity contribution in [2.24, 2.45) is 5.92 Å². The molecule has 4 nitrogen and oxygen atoms in total. The smallest absolute Gasteiger partial charge is 0.248 e. The zero-order chi connectivity index (χ0) is 11.2. The maximum Gasteiger partial charge on any atom is 0.248 e. The number of hydrogen-bond acceptors (Lipinski definition) is 3. The quantitative estimate of drug-likeness (QED) is 0.737. The zero-order valence-electron chi connectivity index (χ0n) is 9.87. The Balaban J connectivity index is 1.72. The standard InChI is InChI=1S/C12H20N2O2/c1-12(9-4-5-13-6-9)8-14(10-2-3-10)11(15)7-16-12/h9-10,13H,2-8H2,1H3. The number of rotatable bonds is 2. The van der Waals surface area contributed by atoms with Crippen LogP contribution in [0.5, 0.6) is 0 Å². The summed E-state index contributed by atoms with van der Waals surface area (Å²) in [6.45, 7) is 5.36. The molecule has 2 saturated heterocycles. The average Bonchev–Trinajstić information content (AvgIpc) is 2.96. The number of ether oxygens (including phenoxy) is 1. The summed E-state index contributed by atoms with van der Waals surface area (Å²) in [5.74, 6) is 0.743. The summed E-state index contributed by atoms with van der Waals surface area (Å²) in [6.07, 6.45) is 3.54. The highest BCUT2D eigenvalue weighted by molar-refractivity contribution is 5.79. The Morgan fingerprint density at radius 2 is 2.25 bits per heavy atom. The normalized spacial score (nSPS) is 40.4. The van der Waals surface area contributed by atoms with Gasteiger partial charge in [-0.3, -0.25) is 4.79 Å². The summed E-state index contributed by atoms with van der Waals surface area (Å²) in [7, 11) is 0. The monoisotopic (exact) mass is 224 g/mol. The van der Waals surface area contributed by atoms with Gasteiger partial charge in [-0.2, -0.15) is 0 Å². The van der Waals surface area contributed by atoms with Gasteiger partial charge < -0.3 is 15.0 Å². The number of nitrogens with zero attached hydrogens (tertiary/aromatic N) is 1. The summed E-state index contributed by atoms with van der Waals surface area (Å²) in [5.41, 5.74) is -0.125. The minimum absolute atomic E-state index is 0.125. The Morgan fingerprint density at radius 3 is 2.88 bits per heavy atom. The number of morpholine rings is 1. The molecule has 0 spiro atoms. The first-order valence-corrected chi connectivity index (χ1v) is 6.33. The van der Waals surface area contributed by atoms with E-state index in [0.717, 1.165) is 19.6 Å². The molecule has 0 aromatic heterocycles. The van der Waals surface area contributed by atoms with E-state index in [-0.39, 0.29) is 18.1 Å². The minimum Gasteiger partial charge on any atom is -0.363 e. The van der Waals surface area contributed by atoms with Gasteiger partial charge in [-0.1, -0.05) is 0 Å². The Kier molecular flexibility index (Phi) is 2.44. The van der Waals surface area contributed by atoms with Crippen LogP contribution in [-0.4, -0.2) is 48.7 Å². The molecular weight excluding hydrogens is 204 g/mol. The molecule has 1 amide bonds. The fourth-order valence-corrected chi connectivity index (χ4v) is 2.92. The van der Waals surface area contributed by atoms with E-state index in [1.54, 1.807) is 0 Å². The van der Waals surface area contributed by atoms with Crippen LogP contribution in [0.15, 0.2) is 0 Å². The molecule has 0 bridgehead atoms. The van der Waals surface area contributed by atoms with Crippen molar-refractivity contribution in [1.82, 2.24) is 10.2 Å². The maximum atomic E-state index is 11.8. The van der Waals surface area contributed by atoms with Crippen molar-refractivity contribution in [2.75, 3.05) is 26.2 Å². The molecular formula is C12H20N2O2. The third-order valence-electron chi connectivity index (χ3n) is 4.24. The highest BCUT2D eigenvalue weighted by Gasteiger charge is 2.46. The van der Waals surface area contributed by atoms with Gasteiger partial charge in [0.1, 0.15) is 6.61 Å². The van der Waals surface area contributed by atoms with E-state index in [0.29, 0.717) is 12.0 Å². The first kappa shape index (κ1) is 10.5. The Hall–Kier alpha value is -0.610. The van der Waals surface area contributed by atoms with Gasteiger partial charge in [0.15, 0.2) is 0 Å². The molecule has 0 aromatic carbocycles. The van der Waals surface area contributed by atoms with E-state index in [2.05, 4.69) is 17.1 Å². The van der Waals surface area contributed by atoms with Crippen LogP contribution >= 0.6 is 0 Å². The predicted molar refractivity (Wildman–Crippen MR) is 60.1 cm³/mol. The van der Waals surface area contributed by atoms with Crippen molar-refractivity contribution in [3.8, 4) is 0 Å². The summed E-state index contributed by atoms with van der Waals surface area (Å²) in [6, 6.07) is 0.519. The fraction of sp³-hybridized carbons (Fsp3) is 0.917. The van der Waals surface area contributed by atoms with E-state index in [4.69, 9.17) is 4.74 Å². The number of amides is 1. The van der Waals surface area contributed by atoms with Gasteiger partial charge in [-0.25, -0.2) is 0 Å². The average molecular weight is 224 g/mol. The Labute approximate surface area is 96.3 Å². The lowest BCUT2D eigenvalue weighted by molar-refractivity contribution is -0.169. The van der Waals surface area contributed by atoms with Crippen LogP contribution in [0.2, 0.25) is 0 Å². The molecule has 3 rings (SSSR count). The second-order valence-electron chi connectivity index (χ2n) is 5.54. The zero-order valence-corrected chi connectivity index (χ0v) is 9.87. The third kappa shape index (κ3) is 1.74.